The van der Waals surface area contributed by atoms with Crippen LogP contribution in [0, 0.1) is 5.92 Å². The SMILES string of the molecule is CN(CC1CCNCC1)C(=O)c1cc(Cl)cn1C1CC1. The number of nitrogens with one attached hydrogen (secondary N) is 1. The molecule has 4 nitrogen and oxygen atoms in total. The van der Waals surface area contributed by atoms with Crippen molar-refractivity contribution in [2.45, 2.75) is 31.7 Å². The highest BCUT2D eigenvalue weighted by atomic mass is 35.5. The zero-order valence-corrected chi connectivity index (χ0v) is 12.7. The van der Waals surface area contributed by atoms with Gasteiger partial charge in [0.05, 0.1) is 5.02 Å². The van der Waals surface area contributed by atoms with E-state index >= 15 is 0 Å². The van der Waals surface area contributed by atoms with Crippen LogP contribution in [0.1, 0.15) is 42.2 Å². The summed E-state index contributed by atoms with van der Waals surface area (Å²) in [6.07, 6.45) is 6.52. The summed E-state index contributed by atoms with van der Waals surface area (Å²) in [6.45, 7) is 2.97. The standard InChI is InChI=1S/C15H22ClN3O/c1-18(9-11-4-6-17-7-5-11)15(20)14-8-12(16)10-19(14)13-2-3-13/h8,10-11,13,17H,2-7,9H2,1H3. The van der Waals surface area contributed by atoms with Crippen LogP contribution in [0.2, 0.25) is 5.02 Å². The van der Waals surface area contributed by atoms with E-state index in [2.05, 4.69) is 9.88 Å². The summed E-state index contributed by atoms with van der Waals surface area (Å²) in [7, 11) is 1.91. The van der Waals surface area contributed by atoms with Gasteiger partial charge in [0.25, 0.3) is 5.91 Å². The van der Waals surface area contributed by atoms with E-state index in [1.807, 2.05) is 18.1 Å². The number of aromatic nitrogens is 1. The summed E-state index contributed by atoms with van der Waals surface area (Å²) in [4.78, 5) is 14.5. The summed E-state index contributed by atoms with van der Waals surface area (Å²) >= 11 is 6.08. The minimum atomic E-state index is 0.0994. The third kappa shape index (κ3) is 3.01. The van der Waals surface area contributed by atoms with Crippen molar-refractivity contribution in [1.29, 1.82) is 0 Å². The summed E-state index contributed by atoms with van der Waals surface area (Å²) in [5.74, 6) is 0.715. The molecule has 3 rings (SSSR count). The summed E-state index contributed by atoms with van der Waals surface area (Å²) in [6, 6.07) is 2.29. The number of piperidine rings is 1. The predicted molar refractivity (Wildman–Crippen MR) is 80.3 cm³/mol. The molecule has 0 bridgehead atoms. The largest absolute Gasteiger partial charge is 0.340 e. The maximum absolute atomic E-state index is 12.6. The second kappa shape index (κ2) is 5.78. The number of amides is 1. The highest BCUT2D eigenvalue weighted by molar-refractivity contribution is 6.31. The molecule has 1 aromatic rings. The molecular formula is C15H22ClN3O. The van der Waals surface area contributed by atoms with Crippen LogP contribution in [0.5, 0.6) is 0 Å². The first-order valence-corrected chi connectivity index (χ1v) is 7.86. The maximum atomic E-state index is 12.6. The van der Waals surface area contributed by atoms with Crippen LogP contribution < -0.4 is 5.32 Å². The van der Waals surface area contributed by atoms with Gasteiger partial charge in [-0.1, -0.05) is 11.6 Å². The molecule has 2 fully saturated rings. The van der Waals surface area contributed by atoms with Crippen molar-refractivity contribution in [3.63, 3.8) is 0 Å². The normalized spacial score (nSPS) is 20.1. The van der Waals surface area contributed by atoms with E-state index in [9.17, 15) is 4.79 Å². The monoisotopic (exact) mass is 295 g/mol. The third-order valence-corrected chi connectivity index (χ3v) is 4.52. The van der Waals surface area contributed by atoms with Gasteiger partial charge < -0.3 is 14.8 Å². The quantitative estimate of drug-likeness (QED) is 0.927. The Labute approximate surface area is 125 Å². The number of carbonyl (C=O) groups is 1. The van der Waals surface area contributed by atoms with Gasteiger partial charge in [-0.15, -0.1) is 0 Å². The Bertz CT molecular complexity index is 489. The van der Waals surface area contributed by atoms with Crippen molar-refractivity contribution >= 4 is 17.5 Å². The zero-order valence-electron chi connectivity index (χ0n) is 11.9. The lowest BCUT2D eigenvalue weighted by atomic mass is 9.97. The first kappa shape index (κ1) is 14.0. The van der Waals surface area contributed by atoms with Crippen LogP contribution >= 0.6 is 11.6 Å². The van der Waals surface area contributed by atoms with Crippen LogP contribution in [0.3, 0.4) is 0 Å². The van der Waals surface area contributed by atoms with Crippen molar-refractivity contribution in [3.8, 4) is 0 Å². The van der Waals surface area contributed by atoms with Crippen LogP contribution in [0.25, 0.3) is 0 Å². The molecule has 1 amide bonds. The molecule has 0 unspecified atom stereocenters. The van der Waals surface area contributed by atoms with Crippen LogP contribution in [-0.2, 0) is 0 Å². The number of halogens is 1. The van der Waals surface area contributed by atoms with Gasteiger partial charge in [-0.05, 0) is 50.8 Å². The van der Waals surface area contributed by atoms with E-state index in [-0.39, 0.29) is 5.91 Å². The molecular weight excluding hydrogens is 274 g/mol. The molecule has 1 aromatic heterocycles. The van der Waals surface area contributed by atoms with E-state index in [4.69, 9.17) is 11.6 Å². The molecule has 0 spiro atoms. The van der Waals surface area contributed by atoms with Crippen LogP contribution in [0.15, 0.2) is 12.3 Å². The summed E-state index contributed by atoms with van der Waals surface area (Å²) in [5.41, 5.74) is 0.744. The number of carbonyl (C=O) groups excluding carboxylic acids is 1. The Morgan fingerprint density at radius 2 is 2.10 bits per heavy atom. The van der Waals surface area contributed by atoms with E-state index in [0.29, 0.717) is 17.0 Å². The second-order valence-electron chi connectivity index (χ2n) is 6.06. The van der Waals surface area contributed by atoms with Crippen molar-refractivity contribution in [1.82, 2.24) is 14.8 Å². The Morgan fingerprint density at radius 3 is 2.75 bits per heavy atom. The zero-order chi connectivity index (χ0) is 14.1. The average molecular weight is 296 g/mol. The van der Waals surface area contributed by atoms with E-state index in [0.717, 1.165) is 51.0 Å². The van der Waals surface area contributed by atoms with E-state index in [1.165, 1.54) is 0 Å². The Balaban J connectivity index is 1.68. The maximum Gasteiger partial charge on any atom is 0.270 e. The van der Waals surface area contributed by atoms with Gasteiger partial charge in [0.1, 0.15) is 5.69 Å². The molecule has 1 saturated heterocycles. The molecule has 20 heavy (non-hydrogen) atoms. The molecule has 1 N–H and O–H groups in total. The lowest BCUT2D eigenvalue weighted by Crippen LogP contribution is -2.37. The number of hydrogen-bond donors (Lipinski definition) is 1. The van der Waals surface area contributed by atoms with Gasteiger partial charge in [-0.2, -0.15) is 0 Å². The lowest BCUT2D eigenvalue weighted by Gasteiger charge is -2.27. The minimum Gasteiger partial charge on any atom is -0.340 e. The van der Waals surface area contributed by atoms with Crippen molar-refractivity contribution in [2.24, 2.45) is 5.92 Å². The van der Waals surface area contributed by atoms with Gasteiger partial charge in [0.2, 0.25) is 0 Å². The molecule has 110 valence electrons. The van der Waals surface area contributed by atoms with Crippen LogP contribution in [0.4, 0.5) is 0 Å². The highest BCUT2D eigenvalue weighted by Crippen LogP contribution is 2.37. The summed E-state index contributed by atoms with van der Waals surface area (Å²) < 4.78 is 2.06. The first-order chi connectivity index (χ1) is 9.65. The molecule has 2 aliphatic rings. The van der Waals surface area contributed by atoms with Crippen molar-refractivity contribution in [2.75, 3.05) is 26.7 Å². The highest BCUT2D eigenvalue weighted by Gasteiger charge is 2.29. The number of rotatable bonds is 4. The molecule has 0 atom stereocenters. The first-order valence-electron chi connectivity index (χ1n) is 7.48. The van der Waals surface area contributed by atoms with Crippen molar-refractivity contribution < 1.29 is 4.79 Å². The fourth-order valence-corrected chi connectivity index (χ4v) is 3.21. The number of nitrogens with zero attached hydrogens (tertiary/aromatic N) is 2. The smallest absolute Gasteiger partial charge is 0.270 e. The molecule has 5 heteroatoms. The van der Waals surface area contributed by atoms with Gasteiger partial charge in [0, 0.05) is 25.8 Å². The molecule has 0 radical (unpaired) electrons. The van der Waals surface area contributed by atoms with Crippen molar-refractivity contribution in [3.05, 3.63) is 23.0 Å². The topological polar surface area (TPSA) is 37.3 Å². The fraction of sp³-hybridized carbons (Fsp3) is 0.667. The van der Waals surface area contributed by atoms with Gasteiger partial charge in [-0.3, -0.25) is 4.79 Å². The average Bonchev–Trinajstić information content (AvgIpc) is 3.22. The van der Waals surface area contributed by atoms with Crippen LogP contribution in [-0.4, -0.2) is 42.1 Å². The Morgan fingerprint density at radius 1 is 1.40 bits per heavy atom. The predicted octanol–water partition coefficient (Wildman–Crippen LogP) is 2.55. The molecule has 1 saturated carbocycles. The molecule has 1 aliphatic carbocycles. The van der Waals surface area contributed by atoms with E-state index < -0.39 is 0 Å². The van der Waals surface area contributed by atoms with Gasteiger partial charge in [-0.25, -0.2) is 0 Å². The minimum absolute atomic E-state index is 0.0994. The third-order valence-electron chi connectivity index (χ3n) is 4.31. The molecule has 0 aromatic carbocycles. The summed E-state index contributed by atoms with van der Waals surface area (Å²) in [5, 5.41) is 4.02. The molecule has 1 aliphatic heterocycles. The molecule has 2 heterocycles. The number of hydrogen-bond acceptors (Lipinski definition) is 2. The fourth-order valence-electron chi connectivity index (χ4n) is 3.00. The Kier molecular flexibility index (Phi) is 4.03. The van der Waals surface area contributed by atoms with E-state index in [1.54, 1.807) is 6.07 Å². The van der Waals surface area contributed by atoms with Gasteiger partial charge in [0.15, 0.2) is 0 Å². The lowest BCUT2D eigenvalue weighted by molar-refractivity contribution is 0.0752. The second-order valence-corrected chi connectivity index (χ2v) is 6.50. The van der Waals surface area contributed by atoms with Gasteiger partial charge >= 0.3 is 0 Å². The Hall–Kier alpha value is -1.00.